The smallest absolute Gasteiger partial charge is 0.00201 e. The third kappa shape index (κ3) is 3.78. The van der Waals surface area contributed by atoms with Crippen molar-refractivity contribution in [3.63, 3.8) is 0 Å². The Labute approximate surface area is 256 Å². The standard InChI is InChI=1S/C44H28/c1-3-17-33-29(12-1)14-9-23-35(33)32-26-27-36-31(28-32)16-11-25-38(36)44-41-21-7-5-19-39(41)43(40-20-6-8-22-42(40)44)37-24-10-15-30-13-2-4-18-34(30)37/h1-28H. The van der Waals surface area contributed by atoms with Gasteiger partial charge in [0.15, 0.2) is 0 Å². The van der Waals surface area contributed by atoms with Crippen LogP contribution in [0, 0.1) is 0 Å². The largest absolute Gasteiger partial charge is 0.0616 e. The van der Waals surface area contributed by atoms with E-state index in [4.69, 9.17) is 0 Å². The van der Waals surface area contributed by atoms with Gasteiger partial charge in [-0.2, -0.15) is 0 Å². The topological polar surface area (TPSA) is 0 Å². The Balaban J connectivity index is 1.34. The summed E-state index contributed by atoms with van der Waals surface area (Å²) in [4.78, 5) is 0. The SMILES string of the molecule is c1ccc2c(-c3ccc4c(-c5c6ccccc6c(-c6cccc7ccccc67)c6ccccc56)cccc4c3)cccc2c1. The Hall–Kier alpha value is -5.72. The molecule has 0 unspecified atom stereocenters. The first-order valence-corrected chi connectivity index (χ1v) is 15.3. The van der Waals surface area contributed by atoms with Crippen LogP contribution in [0.25, 0.3) is 87.2 Å². The maximum absolute atomic E-state index is 2.36. The van der Waals surface area contributed by atoms with Gasteiger partial charge in [0.25, 0.3) is 0 Å². The van der Waals surface area contributed by atoms with E-state index in [9.17, 15) is 0 Å². The summed E-state index contributed by atoms with van der Waals surface area (Å²) >= 11 is 0. The van der Waals surface area contributed by atoms with Crippen LogP contribution in [0.2, 0.25) is 0 Å². The molecule has 0 radical (unpaired) electrons. The van der Waals surface area contributed by atoms with Crippen LogP contribution in [0.15, 0.2) is 170 Å². The van der Waals surface area contributed by atoms with Gasteiger partial charge in [0.2, 0.25) is 0 Å². The predicted molar refractivity (Wildman–Crippen MR) is 190 cm³/mol. The lowest BCUT2D eigenvalue weighted by molar-refractivity contribution is 1.67. The molecule has 0 saturated carbocycles. The highest BCUT2D eigenvalue weighted by Crippen LogP contribution is 2.46. The molecule has 0 N–H and O–H groups in total. The summed E-state index contributed by atoms with van der Waals surface area (Å²) in [5, 5.41) is 12.7. The Morgan fingerprint density at radius 1 is 0.227 bits per heavy atom. The number of hydrogen-bond donors (Lipinski definition) is 0. The average molecular weight is 557 g/mol. The Morgan fingerprint density at radius 2 is 0.591 bits per heavy atom. The van der Waals surface area contributed by atoms with E-state index in [1.807, 2.05) is 0 Å². The number of benzene rings is 9. The average Bonchev–Trinajstić information content (AvgIpc) is 3.10. The highest BCUT2D eigenvalue weighted by molar-refractivity contribution is 6.25. The van der Waals surface area contributed by atoms with Gasteiger partial charge in [-0.15, -0.1) is 0 Å². The Morgan fingerprint density at radius 3 is 1.11 bits per heavy atom. The van der Waals surface area contributed by atoms with Crippen molar-refractivity contribution in [3.8, 4) is 33.4 Å². The van der Waals surface area contributed by atoms with Crippen molar-refractivity contribution >= 4 is 53.9 Å². The fraction of sp³-hybridized carbons (Fsp3) is 0. The van der Waals surface area contributed by atoms with E-state index in [2.05, 4.69) is 170 Å². The lowest BCUT2D eigenvalue weighted by Gasteiger charge is -2.20. The quantitative estimate of drug-likeness (QED) is 0.190. The van der Waals surface area contributed by atoms with Crippen LogP contribution >= 0.6 is 0 Å². The number of fused-ring (bicyclic) bond motifs is 5. The van der Waals surface area contributed by atoms with E-state index >= 15 is 0 Å². The van der Waals surface area contributed by atoms with E-state index < -0.39 is 0 Å². The van der Waals surface area contributed by atoms with Crippen LogP contribution in [-0.4, -0.2) is 0 Å². The fourth-order valence-corrected chi connectivity index (χ4v) is 7.30. The fourth-order valence-electron chi connectivity index (χ4n) is 7.30. The summed E-state index contributed by atoms with van der Waals surface area (Å²) in [6.07, 6.45) is 0. The van der Waals surface area contributed by atoms with Crippen LogP contribution in [-0.2, 0) is 0 Å². The molecule has 44 heavy (non-hydrogen) atoms. The minimum atomic E-state index is 1.24. The van der Waals surface area contributed by atoms with Crippen molar-refractivity contribution in [2.24, 2.45) is 0 Å². The van der Waals surface area contributed by atoms with Gasteiger partial charge in [0.1, 0.15) is 0 Å². The second-order valence-electron chi connectivity index (χ2n) is 11.6. The zero-order chi connectivity index (χ0) is 29.0. The molecule has 0 aromatic heterocycles. The van der Waals surface area contributed by atoms with Crippen LogP contribution in [0.5, 0.6) is 0 Å². The molecule has 9 rings (SSSR count). The molecule has 0 aliphatic carbocycles. The third-order valence-electron chi connectivity index (χ3n) is 9.24. The second kappa shape index (κ2) is 9.93. The first kappa shape index (κ1) is 24.8. The Bertz CT molecular complexity index is 2480. The van der Waals surface area contributed by atoms with Gasteiger partial charge < -0.3 is 0 Å². The van der Waals surface area contributed by atoms with Gasteiger partial charge >= 0.3 is 0 Å². The first-order valence-electron chi connectivity index (χ1n) is 15.3. The molecule has 0 aliphatic rings. The molecule has 0 saturated heterocycles. The van der Waals surface area contributed by atoms with Crippen LogP contribution in [0.1, 0.15) is 0 Å². The maximum Gasteiger partial charge on any atom is -0.00201 e. The molecule has 0 heterocycles. The van der Waals surface area contributed by atoms with Crippen molar-refractivity contribution in [3.05, 3.63) is 170 Å². The second-order valence-corrected chi connectivity index (χ2v) is 11.6. The summed E-state index contributed by atoms with van der Waals surface area (Å²) in [6.45, 7) is 0. The van der Waals surface area contributed by atoms with Gasteiger partial charge in [-0.25, -0.2) is 0 Å². The highest BCUT2D eigenvalue weighted by atomic mass is 14.2. The van der Waals surface area contributed by atoms with Gasteiger partial charge in [0, 0.05) is 0 Å². The molecule has 9 aromatic rings. The molecule has 0 heteroatoms. The van der Waals surface area contributed by atoms with Crippen molar-refractivity contribution in [1.82, 2.24) is 0 Å². The van der Waals surface area contributed by atoms with E-state index in [-0.39, 0.29) is 0 Å². The number of rotatable bonds is 3. The van der Waals surface area contributed by atoms with Crippen LogP contribution in [0.4, 0.5) is 0 Å². The highest BCUT2D eigenvalue weighted by Gasteiger charge is 2.19. The summed E-state index contributed by atoms with van der Waals surface area (Å²) in [6, 6.07) is 62.3. The summed E-state index contributed by atoms with van der Waals surface area (Å²) in [5.41, 5.74) is 7.65. The minimum absolute atomic E-state index is 1.24. The lowest BCUT2D eigenvalue weighted by atomic mass is 9.83. The zero-order valence-electron chi connectivity index (χ0n) is 24.2. The summed E-state index contributed by atoms with van der Waals surface area (Å²) < 4.78 is 0. The third-order valence-corrected chi connectivity index (χ3v) is 9.24. The molecule has 0 fully saturated rings. The van der Waals surface area contributed by atoms with E-state index in [1.54, 1.807) is 0 Å². The van der Waals surface area contributed by atoms with E-state index in [1.165, 1.54) is 87.2 Å². The van der Waals surface area contributed by atoms with Crippen molar-refractivity contribution in [1.29, 1.82) is 0 Å². The molecule has 0 aliphatic heterocycles. The molecule has 204 valence electrons. The van der Waals surface area contributed by atoms with E-state index in [0.29, 0.717) is 0 Å². The van der Waals surface area contributed by atoms with Gasteiger partial charge in [-0.05, 0) is 93.3 Å². The van der Waals surface area contributed by atoms with Crippen molar-refractivity contribution < 1.29 is 0 Å². The Kier molecular flexibility index (Phi) is 5.61. The van der Waals surface area contributed by atoms with Crippen molar-refractivity contribution in [2.45, 2.75) is 0 Å². The predicted octanol–water partition coefficient (Wildman–Crippen LogP) is 12.5. The molecule has 0 bridgehead atoms. The summed E-state index contributed by atoms with van der Waals surface area (Å²) in [5.74, 6) is 0. The molecular weight excluding hydrogens is 528 g/mol. The monoisotopic (exact) mass is 556 g/mol. The van der Waals surface area contributed by atoms with Gasteiger partial charge in [-0.1, -0.05) is 164 Å². The molecule has 0 atom stereocenters. The van der Waals surface area contributed by atoms with Gasteiger partial charge in [0.05, 0.1) is 0 Å². The molecular formula is C44H28. The van der Waals surface area contributed by atoms with Crippen LogP contribution < -0.4 is 0 Å². The molecule has 0 amide bonds. The lowest BCUT2D eigenvalue weighted by Crippen LogP contribution is -1.92. The minimum Gasteiger partial charge on any atom is -0.0616 e. The van der Waals surface area contributed by atoms with Gasteiger partial charge in [-0.3, -0.25) is 0 Å². The van der Waals surface area contributed by atoms with E-state index in [0.717, 1.165) is 0 Å². The van der Waals surface area contributed by atoms with Crippen LogP contribution in [0.3, 0.4) is 0 Å². The summed E-state index contributed by atoms with van der Waals surface area (Å²) in [7, 11) is 0. The first-order chi connectivity index (χ1) is 21.8. The molecule has 0 nitrogen and oxygen atoms in total. The molecule has 0 spiro atoms. The number of hydrogen-bond acceptors (Lipinski definition) is 0. The molecule has 9 aromatic carbocycles. The zero-order valence-corrected chi connectivity index (χ0v) is 24.2. The normalized spacial score (nSPS) is 11.6. The van der Waals surface area contributed by atoms with Crippen molar-refractivity contribution in [2.75, 3.05) is 0 Å². The maximum atomic E-state index is 2.36.